The topological polar surface area (TPSA) is 41.4 Å². The van der Waals surface area contributed by atoms with Gasteiger partial charge in [0, 0.05) is 50.7 Å². The number of para-hydroxylation sites is 1. The predicted octanol–water partition coefficient (Wildman–Crippen LogP) is 1.68. The molecule has 114 valence electrons. The second-order valence-corrected chi connectivity index (χ2v) is 5.99. The Morgan fingerprint density at radius 3 is 3.05 bits per heavy atom. The van der Waals surface area contributed by atoms with Gasteiger partial charge in [-0.2, -0.15) is 0 Å². The molecule has 0 bridgehead atoms. The zero-order chi connectivity index (χ0) is 14.9. The Bertz CT molecular complexity index is 693. The number of hydrogen-bond donors (Lipinski definition) is 0. The number of anilines is 1. The van der Waals surface area contributed by atoms with E-state index in [0.29, 0.717) is 6.42 Å². The Morgan fingerprint density at radius 1 is 1.18 bits per heavy atom. The van der Waals surface area contributed by atoms with E-state index in [1.54, 1.807) is 0 Å². The van der Waals surface area contributed by atoms with Gasteiger partial charge in [0.15, 0.2) is 0 Å². The largest absolute Gasteiger partial charge is 0.333 e. The number of carbonyl (C=O) groups is 1. The van der Waals surface area contributed by atoms with E-state index in [1.807, 2.05) is 29.4 Å². The Balaban J connectivity index is 1.36. The van der Waals surface area contributed by atoms with Crippen molar-refractivity contribution in [1.82, 2.24) is 14.5 Å². The number of benzene rings is 1. The predicted molar refractivity (Wildman–Crippen MR) is 84.6 cm³/mol. The van der Waals surface area contributed by atoms with Crippen LogP contribution in [0.2, 0.25) is 0 Å². The summed E-state index contributed by atoms with van der Waals surface area (Å²) >= 11 is 0. The van der Waals surface area contributed by atoms with E-state index >= 15 is 0 Å². The van der Waals surface area contributed by atoms with Gasteiger partial charge in [-0.15, -0.1) is 0 Å². The van der Waals surface area contributed by atoms with Crippen LogP contribution < -0.4 is 4.90 Å². The number of fused-ring (bicyclic) bond motifs is 2. The van der Waals surface area contributed by atoms with Gasteiger partial charge < -0.3 is 9.47 Å². The molecule has 0 spiro atoms. The summed E-state index contributed by atoms with van der Waals surface area (Å²) in [5, 5.41) is 0. The maximum absolute atomic E-state index is 12.5. The molecule has 0 radical (unpaired) electrons. The Kier molecular flexibility index (Phi) is 3.42. The molecule has 2 aliphatic heterocycles. The third-order valence-electron chi connectivity index (χ3n) is 4.65. The fourth-order valence-corrected chi connectivity index (χ4v) is 3.40. The third-order valence-corrected chi connectivity index (χ3v) is 4.65. The highest BCUT2D eigenvalue weighted by Gasteiger charge is 2.25. The molecule has 0 unspecified atom stereocenters. The first-order chi connectivity index (χ1) is 10.8. The highest BCUT2D eigenvalue weighted by molar-refractivity contribution is 5.95. The highest BCUT2D eigenvalue weighted by atomic mass is 16.2. The molecular weight excluding hydrogens is 276 g/mol. The fourth-order valence-electron chi connectivity index (χ4n) is 3.40. The monoisotopic (exact) mass is 296 g/mol. The molecule has 1 aromatic carbocycles. The molecule has 1 amide bonds. The maximum Gasteiger partial charge on any atom is 0.228 e. The second kappa shape index (κ2) is 5.57. The Morgan fingerprint density at radius 2 is 2.09 bits per heavy atom. The summed E-state index contributed by atoms with van der Waals surface area (Å²) in [5.74, 6) is 1.34. The summed E-state index contributed by atoms with van der Waals surface area (Å²) in [4.78, 5) is 21.2. The number of aromatic nitrogens is 2. The standard InChI is InChI=1S/C17H20N4O/c22-17(21-9-5-14-3-1-2-4-15(14)21)6-8-19-11-12-20-10-7-18-16(20)13-19/h1-4,7,10H,5-6,8-9,11-13H2. The van der Waals surface area contributed by atoms with Gasteiger partial charge in [0.25, 0.3) is 0 Å². The molecule has 4 rings (SSSR count). The van der Waals surface area contributed by atoms with Crippen molar-refractivity contribution < 1.29 is 4.79 Å². The fraction of sp³-hybridized carbons (Fsp3) is 0.412. The molecule has 1 aromatic heterocycles. The average molecular weight is 296 g/mol. The third kappa shape index (κ3) is 2.41. The van der Waals surface area contributed by atoms with Crippen LogP contribution in [0.4, 0.5) is 5.69 Å². The number of nitrogens with zero attached hydrogens (tertiary/aromatic N) is 4. The van der Waals surface area contributed by atoms with Gasteiger partial charge in [0.2, 0.25) is 5.91 Å². The van der Waals surface area contributed by atoms with Gasteiger partial charge in [0.05, 0.1) is 6.54 Å². The van der Waals surface area contributed by atoms with Crippen LogP contribution in [0.5, 0.6) is 0 Å². The summed E-state index contributed by atoms with van der Waals surface area (Å²) in [7, 11) is 0. The smallest absolute Gasteiger partial charge is 0.228 e. The molecule has 0 aliphatic carbocycles. The minimum Gasteiger partial charge on any atom is -0.333 e. The lowest BCUT2D eigenvalue weighted by molar-refractivity contribution is -0.118. The number of amides is 1. The van der Waals surface area contributed by atoms with Gasteiger partial charge in [-0.1, -0.05) is 18.2 Å². The van der Waals surface area contributed by atoms with Crippen molar-refractivity contribution in [2.24, 2.45) is 0 Å². The van der Waals surface area contributed by atoms with Crippen molar-refractivity contribution >= 4 is 11.6 Å². The van der Waals surface area contributed by atoms with Crippen LogP contribution in [0, 0.1) is 0 Å². The van der Waals surface area contributed by atoms with Crippen LogP contribution in [0.25, 0.3) is 0 Å². The van der Waals surface area contributed by atoms with E-state index in [4.69, 9.17) is 0 Å². The minimum absolute atomic E-state index is 0.235. The van der Waals surface area contributed by atoms with Crippen LogP contribution in [-0.2, 0) is 24.3 Å². The minimum atomic E-state index is 0.235. The van der Waals surface area contributed by atoms with Crippen LogP contribution in [0.15, 0.2) is 36.7 Å². The summed E-state index contributed by atoms with van der Waals surface area (Å²) in [6.45, 7) is 4.44. The van der Waals surface area contributed by atoms with Gasteiger partial charge in [-0.05, 0) is 18.1 Å². The van der Waals surface area contributed by atoms with Crippen molar-refractivity contribution in [3.05, 3.63) is 48.0 Å². The number of carbonyl (C=O) groups excluding carboxylic acids is 1. The zero-order valence-corrected chi connectivity index (χ0v) is 12.6. The van der Waals surface area contributed by atoms with Crippen molar-refractivity contribution in [2.75, 3.05) is 24.5 Å². The SMILES string of the molecule is O=C(CCN1CCn2ccnc2C1)N1CCc2ccccc21. The molecule has 5 heteroatoms. The molecule has 0 N–H and O–H groups in total. The van der Waals surface area contributed by atoms with E-state index in [0.717, 1.165) is 50.7 Å². The molecule has 0 saturated heterocycles. The lowest BCUT2D eigenvalue weighted by Crippen LogP contribution is -2.37. The van der Waals surface area contributed by atoms with Gasteiger partial charge >= 0.3 is 0 Å². The molecule has 2 aliphatic rings. The van der Waals surface area contributed by atoms with Crippen LogP contribution in [0.3, 0.4) is 0 Å². The maximum atomic E-state index is 12.5. The van der Waals surface area contributed by atoms with E-state index in [1.165, 1.54) is 5.56 Å². The summed E-state index contributed by atoms with van der Waals surface area (Å²) in [5.41, 5.74) is 2.39. The number of hydrogen-bond acceptors (Lipinski definition) is 3. The van der Waals surface area contributed by atoms with Crippen LogP contribution in [0.1, 0.15) is 17.8 Å². The average Bonchev–Trinajstić information content (AvgIpc) is 3.18. The molecule has 0 saturated carbocycles. The van der Waals surface area contributed by atoms with Crippen LogP contribution >= 0.6 is 0 Å². The number of rotatable bonds is 3. The first-order valence-electron chi connectivity index (χ1n) is 7.92. The number of imidazole rings is 1. The molecule has 2 aromatic rings. The quantitative estimate of drug-likeness (QED) is 0.865. The van der Waals surface area contributed by atoms with E-state index in [9.17, 15) is 4.79 Å². The van der Waals surface area contributed by atoms with E-state index in [2.05, 4.69) is 26.6 Å². The van der Waals surface area contributed by atoms with Crippen LogP contribution in [-0.4, -0.2) is 40.0 Å². The summed E-state index contributed by atoms with van der Waals surface area (Å²) < 4.78 is 2.19. The van der Waals surface area contributed by atoms with Crippen molar-refractivity contribution in [2.45, 2.75) is 25.9 Å². The molecule has 0 fully saturated rings. The van der Waals surface area contributed by atoms with E-state index in [-0.39, 0.29) is 5.91 Å². The molecule has 22 heavy (non-hydrogen) atoms. The molecule has 3 heterocycles. The first kappa shape index (κ1) is 13.5. The second-order valence-electron chi connectivity index (χ2n) is 5.99. The van der Waals surface area contributed by atoms with E-state index < -0.39 is 0 Å². The van der Waals surface area contributed by atoms with Crippen molar-refractivity contribution in [3.63, 3.8) is 0 Å². The summed E-state index contributed by atoms with van der Waals surface area (Å²) in [6, 6.07) is 8.22. The normalized spacial score (nSPS) is 17.4. The van der Waals surface area contributed by atoms with Gasteiger partial charge in [-0.3, -0.25) is 9.69 Å². The molecular formula is C17H20N4O. The summed E-state index contributed by atoms with van der Waals surface area (Å²) in [6.07, 6.45) is 5.43. The Hall–Kier alpha value is -2.14. The van der Waals surface area contributed by atoms with Gasteiger partial charge in [0.1, 0.15) is 5.82 Å². The lowest BCUT2D eigenvalue weighted by atomic mass is 10.2. The van der Waals surface area contributed by atoms with Crippen molar-refractivity contribution in [3.8, 4) is 0 Å². The highest BCUT2D eigenvalue weighted by Crippen LogP contribution is 2.27. The molecule has 5 nitrogen and oxygen atoms in total. The van der Waals surface area contributed by atoms with Gasteiger partial charge in [-0.25, -0.2) is 4.98 Å². The van der Waals surface area contributed by atoms with Crippen molar-refractivity contribution in [1.29, 1.82) is 0 Å². The Labute approximate surface area is 130 Å². The first-order valence-corrected chi connectivity index (χ1v) is 7.92. The molecule has 0 atom stereocenters. The zero-order valence-electron chi connectivity index (χ0n) is 12.6. The lowest BCUT2D eigenvalue weighted by Gasteiger charge is -2.28.